The van der Waals surface area contributed by atoms with Gasteiger partial charge in [0.05, 0.1) is 12.2 Å². The van der Waals surface area contributed by atoms with E-state index in [1.807, 2.05) is 37.3 Å². The Morgan fingerprint density at radius 2 is 1.85 bits per heavy atom. The van der Waals surface area contributed by atoms with Gasteiger partial charge in [0.2, 0.25) is 0 Å². The minimum Gasteiger partial charge on any atom is -0.463 e. The maximum atomic E-state index is 12.7. The molecule has 0 amide bonds. The average molecular weight is 545 g/mol. The highest BCUT2D eigenvalue weighted by atomic mass is 16.5. The summed E-state index contributed by atoms with van der Waals surface area (Å²) in [5.74, 6) is 1.49. The molecule has 0 spiro atoms. The second-order valence-corrected chi connectivity index (χ2v) is 11.8. The first kappa shape index (κ1) is 28.1. The highest BCUT2D eigenvalue weighted by Crippen LogP contribution is 2.63. The molecule has 6 heteroatoms. The van der Waals surface area contributed by atoms with Gasteiger partial charge in [0.1, 0.15) is 11.9 Å². The summed E-state index contributed by atoms with van der Waals surface area (Å²) in [5, 5.41) is 0. The Kier molecular flexibility index (Phi) is 8.43. The van der Waals surface area contributed by atoms with Crippen molar-refractivity contribution in [2.45, 2.75) is 77.7 Å². The fraction of sp³-hybridized carbons (Fsp3) is 0.500. The van der Waals surface area contributed by atoms with Crippen LogP contribution in [0, 0.1) is 23.2 Å². The standard InChI is InChI=1S/C34H40O6/c1-4-38-31(36)13-9-8-12-24-20-25-21-26(40-33(37)23-10-6-5-7-11-23)14-15-27(25)28-18-19-34(3)29(32(24)28)16-17-30(34)39-22(2)35/h5-7,9-11,13-15,21,24,28-30,32H,4,8,12,16-20H2,1-3H3/t24-,28?,29?,30+,32?,34+/m1/s1. The molecule has 0 radical (unpaired) electrons. The zero-order chi connectivity index (χ0) is 28.3. The van der Waals surface area contributed by atoms with Gasteiger partial charge >= 0.3 is 17.9 Å². The normalized spacial score (nSPS) is 28.7. The van der Waals surface area contributed by atoms with Crippen molar-refractivity contribution in [3.8, 4) is 5.75 Å². The summed E-state index contributed by atoms with van der Waals surface area (Å²) in [7, 11) is 0. The monoisotopic (exact) mass is 544 g/mol. The van der Waals surface area contributed by atoms with E-state index in [9.17, 15) is 14.4 Å². The van der Waals surface area contributed by atoms with Crippen LogP contribution in [0.25, 0.3) is 0 Å². The van der Waals surface area contributed by atoms with Crippen molar-refractivity contribution in [1.29, 1.82) is 0 Å². The molecule has 2 aromatic carbocycles. The van der Waals surface area contributed by atoms with Crippen LogP contribution < -0.4 is 4.74 Å². The quantitative estimate of drug-likeness (QED) is 0.206. The first-order valence-corrected chi connectivity index (χ1v) is 14.7. The molecular formula is C34H40O6. The van der Waals surface area contributed by atoms with Gasteiger partial charge in [-0.3, -0.25) is 4.79 Å². The van der Waals surface area contributed by atoms with Crippen molar-refractivity contribution in [1.82, 2.24) is 0 Å². The number of hydrogen-bond acceptors (Lipinski definition) is 6. The van der Waals surface area contributed by atoms with Crippen LogP contribution in [0.3, 0.4) is 0 Å². The first-order chi connectivity index (χ1) is 19.3. The van der Waals surface area contributed by atoms with Crippen LogP contribution in [-0.2, 0) is 25.5 Å². The number of benzene rings is 2. The van der Waals surface area contributed by atoms with E-state index in [4.69, 9.17) is 14.2 Å². The summed E-state index contributed by atoms with van der Waals surface area (Å²) >= 11 is 0. The summed E-state index contributed by atoms with van der Waals surface area (Å²) < 4.78 is 16.7. The highest BCUT2D eigenvalue weighted by Gasteiger charge is 2.58. The van der Waals surface area contributed by atoms with Gasteiger partial charge < -0.3 is 14.2 Å². The fourth-order valence-electron chi connectivity index (χ4n) is 7.88. The van der Waals surface area contributed by atoms with Crippen LogP contribution in [0.2, 0.25) is 0 Å². The number of esters is 3. The third-order valence-corrected chi connectivity index (χ3v) is 9.56. The van der Waals surface area contributed by atoms with E-state index >= 15 is 0 Å². The molecule has 212 valence electrons. The Hall–Kier alpha value is -3.41. The number of rotatable bonds is 8. The zero-order valence-corrected chi connectivity index (χ0v) is 23.8. The molecule has 0 aliphatic heterocycles. The molecule has 40 heavy (non-hydrogen) atoms. The molecule has 3 aliphatic carbocycles. The van der Waals surface area contributed by atoms with Crippen molar-refractivity contribution < 1.29 is 28.6 Å². The van der Waals surface area contributed by atoms with Gasteiger partial charge in [-0.25, -0.2) is 9.59 Å². The molecule has 2 saturated carbocycles. The lowest BCUT2D eigenvalue weighted by atomic mass is 9.52. The summed E-state index contributed by atoms with van der Waals surface area (Å²) in [4.78, 5) is 36.5. The Morgan fingerprint density at radius 1 is 1.05 bits per heavy atom. The van der Waals surface area contributed by atoms with Crippen molar-refractivity contribution >= 4 is 17.9 Å². The number of ether oxygens (including phenoxy) is 3. The van der Waals surface area contributed by atoms with Gasteiger partial charge in [-0.2, -0.15) is 0 Å². The van der Waals surface area contributed by atoms with Gasteiger partial charge in [0, 0.05) is 18.4 Å². The maximum absolute atomic E-state index is 12.7. The predicted octanol–water partition coefficient (Wildman–Crippen LogP) is 6.82. The molecule has 0 heterocycles. The van der Waals surface area contributed by atoms with Crippen molar-refractivity contribution in [3.63, 3.8) is 0 Å². The van der Waals surface area contributed by atoms with Gasteiger partial charge in [0.25, 0.3) is 0 Å². The number of allylic oxidation sites excluding steroid dienone is 1. The van der Waals surface area contributed by atoms with E-state index in [0.29, 0.717) is 41.6 Å². The number of carbonyl (C=O) groups is 3. The Labute approximate surface area is 237 Å². The van der Waals surface area contributed by atoms with Crippen molar-refractivity contribution in [2.75, 3.05) is 6.61 Å². The van der Waals surface area contributed by atoms with E-state index in [-0.39, 0.29) is 29.4 Å². The molecule has 0 aromatic heterocycles. The lowest BCUT2D eigenvalue weighted by molar-refractivity contribution is -0.155. The van der Waals surface area contributed by atoms with E-state index in [0.717, 1.165) is 44.9 Å². The average Bonchev–Trinajstić information content (AvgIpc) is 3.26. The van der Waals surface area contributed by atoms with Crippen molar-refractivity contribution in [2.24, 2.45) is 23.2 Å². The summed E-state index contributed by atoms with van der Waals surface area (Å²) in [5.41, 5.74) is 3.12. The molecule has 5 rings (SSSR count). The van der Waals surface area contributed by atoms with E-state index in [1.165, 1.54) is 24.1 Å². The third kappa shape index (κ3) is 5.72. The number of hydrogen-bond donors (Lipinski definition) is 0. The van der Waals surface area contributed by atoms with Gasteiger partial charge in [-0.1, -0.05) is 37.3 Å². The minimum atomic E-state index is -0.356. The SMILES string of the molecule is CCOC(=O)C=CCC[C@@H]1Cc2cc(OC(=O)c3ccccc3)ccc2C2CC[C@@]3(C)C(CC[C@@H]3OC(C)=O)C21. The summed E-state index contributed by atoms with van der Waals surface area (Å²) in [6, 6.07) is 15.2. The van der Waals surface area contributed by atoms with Crippen LogP contribution in [0.1, 0.15) is 86.7 Å². The Bertz CT molecular complexity index is 1270. The summed E-state index contributed by atoms with van der Waals surface area (Å²) in [6.45, 7) is 6.02. The van der Waals surface area contributed by atoms with E-state index < -0.39 is 0 Å². The second kappa shape index (κ2) is 12.0. The van der Waals surface area contributed by atoms with Gasteiger partial charge in [-0.05, 0) is 111 Å². The van der Waals surface area contributed by atoms with E-state index in [2.05, 4.69) is 19.1 Å². The maximum Gasteiger partial charge on any atom is 0.343 e. The fourth-order valence-corrected chi connectivity index (χ4v) is 7.88. The lowest BCUT2D eigenvalue weighted by Crippen LogP contribution is -2.48. The van der Waals surface area contributed by atoms with Crippen LogP contribution in [0.15, 0.2) is 60.7 Å². The van der Waals surface area contributed by atoms with Gasteiger partial charge in [-0.15, -0.1) is 0 Å². The Morgan fingerprint density at radius 3 is 2.60 bits per heavy atom. The molecule has 3 unspecified atom stereocenters. The van der Waals surface area contributed by atoms with E-state index in [1.54, 1.807) is 12.1 Å². The molecular weight excluding hydrogens is 504 g/mol. The van der Waals surface area contributed by atoms with Crippen LogP contribution in [0.4, 0.5) is 0 Å². The predicted molar refractivity (Wildman–Crippen MR) is 152 cm³/mol. The topological polar surface area (TPSA) is 78.9 Å². The molecule has 3 aliphatic rings. The largest absolute Gasteiger partial charge is 0.463 e. The Balaban J connectivity index is 1.40. The molecule has 0 bridgehead atoms. The van der Waals surface area contributed by atoms with Crippen LogP contribution in [0.5, 0.6) is 5.75 Å². The highest BCUT2D eigenvalue weighted by molar-refractivity contribution is 5.91. The van der Waals surface area contributed by atoms with Crippen molar-refractivity contribution in [3.05, 3.63) is 77.4 Å². The second-order valence-electron chi connectivity index (χ2n) is 11.8. The number of fused-ring (bicyclic) bond motifs is 5. The molecule has 6 nitrogen and oxygen atoms in total. The molecule has 0 saturated heterocycles. The zero-order valence-electron chi connectivity index (χ0n) is 23.8. The first-order valence-electron chi connectivity index (χ1n) is 14.7. The molecule has 0 N–H and O–H groups in total. The van der Waals surface area contributed by atoms with Crippen LogP contribution >= 0.6 is 0 Å². The number of carbonyl (C=O) groups excluding carboxylic acids is 3. The third-order valence-electron chi connectivity index (χ3n) is 9.56. The van der Waals surface area contributed by atoms with Gasteiger partial charge in [0.15, 0.2) is 0 Å². The molecule has 2 fully saturated rings. The lowest BCUT2D eigenvalue weighted by Gasteiger charge is -2.53. The summed E-state index contributed by atoms with van der Waals surface area (Å²) in [6.07, 6.45) is 10.1. The molecule has 2 aromatic rings. The van der Waals surface area contributed by atoms with Crippen LogP contribution in [-0.4, -0.2) is 30.6 Å². The minimum absolute atomic E-state index is 0.0193. The smallest absolute Gasteiger partial charge is 0.343 e. The molecule has 6 atom stereocenters.